The van der Waals surface area contributed by atoms with Gasteiger partial charge in [0, 0.05) is 5.02 Å². The number of carbonyl (C=O) groups is 1. The van der Waals surface area contributed by atoms with Gasteiger partial charge < -0.3 is 9.67 Å². The highest BCUT2D eigenvalue weighted by Crippen LogP contribution is 2.27. The van der Waals surface area contributed by atoms with Crippen LogP contribution in [0.2, 0.25) is 5.02 Å². The van der Waals surface area contributed by atoms with E-state index in [1.54, 1.807) is 17.4 Å². The Balaban J connectivity index is 2.03. The molecule has 0 saturated heterocycles. The lowest BCUT2D eigenvalue weighted by molar-refractivity contribution is -0.133. The maximum absolute atomic E-state index is 10.8. The van der Waals surface area contributed by atoms with Crippen LogP contribution in [-0.2, 0) is 11.3 Å². The van der Waals surface area contributed by atoms with Crippen LogP contribution in [0.15, 0.2) is 40.2 Å². The van der Waals surface area contributed by atoms with Crippen LogP contribution in [0.5, 0.6) is 0 Å². The fraction of sp³-hybridized carbons (Fsp3) is 0.143. The van der Waals surface area contributed by atoms with E-state index in [0.717, 1.165) is 11.0 Å². The highest BCUT2D eigenvalue weighted by Gasteiger charge is 2.13. The molecular formula is C14H11ClN2O2S2. The van der Waals surface area contributed by atoms with Crippen LogP contribution in [0.1, 0.15) is 5.56 Å². The van der Waals surface area contributed by atoms with Crippen LogP contribution in [-0.4, -0.2) is 26.4 Å². The molecule has 21 heavy (non-hydrogen) atoms. The number of nitrogens with zero attached hydrogens (tertiary/aromatic N) is 2. The number of aromatic nitrogens is 2. The summed E-state index contributed by atoms with van der Waals surface area (Å²) >= 11 is 8.86. The second-order valence-electron chi connectivity index (χ2n) is 4.43. The zero-order chi connectivity index (χ0) is 14.8. The number of fused-ring (bicyclic) bond motifs is 1. The highest BCUT2D eigenvalue weighted by atomic mass is 35.5. The number of rotatable bonds is 5. The van der Waals surface area contributed by atoms with Crippen molar-refractivity contribution in [2.24, 2.45) is 0 Å². The molecule has 0 unspecified atom stereocenters. The van der Waals surface area contributed by atoms with Crippen molar-refractivity contribution in [1.82, 2.24) is 9.55 Å². The Labute approximate surface area is 134 Å². The highest BCUT2D eigenvalue weighted by molar-refractivity contribution is 7.99. The van der Waals surface area contributed by atoms with Gasteiger partial charge >= 0.3 is 5.97 Å². The maximum Gasteiger partial charge on any atom is 0.313 e. The summed E-state index contributed by atoms with van der Waals surface area (Å²) in [7, 11) is 0. The van der Waals surface area contributed by atoms with E-state index in [0.29, 0.717) is 16.7 Å². The zero-order valence-electron chi connectivity index (χ0n) is 10.8. The Kier molecular flexibility index (Phi) is 4.19. The first-order valence-corrected chi connectivity index (χ1v) is 8.45. The second kappa shape index (κ2) is 6.09. The van der Waals surface area contributed by atoms with Gasteiger partial charge in [0.05, 0.1) is 23.3 Å². The lowest BCUT2D eigenvalue weighted by atomic mass is 10.3. The summed E-state index contributed by atoms with van der Waals surface area (Å²) in [5.74, 6) is -0.868. The third kappa shape index (κ3) is 3.23. The van der Waals surface area contributed by atoms with Gasteiger partial charge in [-0.3, -0.25) is 4.79 Å². The van der Waals surface area contributed by atoms with Gasteiger partial charge in [-0.2, -0.15) is 11.3 Å². The molecule has 3 rings (SSSR count). The number of hydrogen-bond acceptors (Lipinski definition) is 4. The number of benzene rings is 1. The number of imidazole rings is 1. The first-order valence-electron chi connectivity index (χ1n) is 6.15. The molecule has 0 saturated carbocycles. The summed E-state index contributed by atoms with van der Waals surface area (Å²) in [5, 5.41) is 14.3. The van der Waals surface area contributed by atoms with Gasteiger partial charge in [0.2, 0.25) is 0 Å². The van der Waals surface area contributed by atoms with Crippen LogP contribution in [0.25, 0.3) is 11.0 Å². The van der Waals surface area contributed by atoms with E-state index in [4.69, 9.17) is 16.7 Å². The summed E-state index contributed by atoms with van der Waals surface area (Å²) in [5.41, 5.74) is 2.91. The zero-order valence-corrected chi connectivity index (χ0v) is 13.2. The van der Waals surface area contributed by atoms with Gasteiger partial charge in [0.1, 0.15) is 0 Å². The Morgan fingerprint density at radius 3 is 3.00 bits per heavy atom. The summed E-state index contributed by atoms with van der Waals surface area (Å²) in [6, 6.07) is 7.59. The normalized spacial score (nSPS) is 11.1. The van der Waals surface area contributed by atoms with Crippen molar-refractivity contribution < 1.29 is 9.90 Å². The number of halogens is 1. The molecule has 2 aromatic heterocycles. The average molecular weight is 339 g/mol. The summed E-state index contributed by atoms with van der Waals surface area (Å²) in [6.45, 7) is 0.670. The predicted octanol–water partition coefficient (Wildman–Crippen LogP) is 3.98. The lowest BCUT2D eigenvalue weighted by Crippen LogP contribution is -2.03. The fourth-order valence-corrected chi connectivity index (χ4v) is 3.60. The molecule has 2 heterocycles. The number of thiophene rings is 1. The Bertz CT molecular complexity index is 784. The molecule has 3 aromatic rings. The van der Waals surface area contributed by atoms with E-state index in [1.165, 1.54) is 17.3 Å². The van der Waals surface area contributed by atoms with Crippen molar-refractivity contribution in [3.63, 3.8) is 0 Å². The van der Waals surface area contributed by atoms with Crippen molar-refractivity contribution >= 4 is 51.7 Å². The average Bonchev–Trinajstić information content (AvgIpc) is 3.05. The monoisotopic (exact) mass is 338 g/mol. The molecule has 0 aliphatic rings. The van der Waals surface area contributed by atoms with Gasteiger partial charge in [-0.05, 0) is 40.6 Å². The molecular weight excluding hydrogens is 328 g/mol. The molecule has 0 radical (unpaired) electrons. The predicted molar refractivity (Wildman–Crippen MR) is 86.5 cm³/mol. The number of aliphatic carboxylic acids is 1. The quantitative estimate of drug-likeness (QED) is 0.715. The molecule has 0 atom stereocenters. The van der Waals surface area contributed by atoms with E-state index in [2.05, 4.69) is 16.4 Å². The molecule has 0 amide bonds. The van der Waals surface area contributed by atoms with Gasteiger partial charge in [0.25, 0.3) is 0 Å². The Morgan fingerprint density at radius 2 is 2.29 bits per heavy atom. The number of carboxylic acids is 1. The van der Waals surface area contributed by atoms with E-state index in [1.807, 2.05) is 22.1 Å². The van der Waals surface area contributed by atoms with Crippen molar-refractivity contribution in [1.29, 1.82) is 0 Å². The van der Waals surface area contributed by atoms with Crippen LogP contribution < -0.4 is 0 Å². The number of hydrogen-bond donors (Lipinski definition) is 1. The third-order valence-corrected chi connectivity index (χ3v) is 4.85. The SMILES string of the molecule is O=C(O)CSc1nc2cc(Cl)ccc2n1Cc1ccsc1. The minimum atomic E-state index is -0.854. The molecule has 7 heteroatoms. The maximum atomic E-state index is 10.8. The van der Waals surface area contributed by atoms with Crippen LogP contribution >= 0.6 is 34.7 Å². The van der Waals surface area contributed by atoms with E-state index in [-0.39, 0.29) is 5.75 Å². The van der Waals surface area contributed by atoms with E-state index < -0.39 is 5.97 Å². The molecule has 1 N–H and O–H groups in total. The van der Waals surface area contributed by atoms with E-state index in [9.17, 15) is 4.79 Å². The smallest absolute Gasteiger partial charge is 0.313 e. The van der Waals surface area contributed by atoms with Gasteiger partial charge in [-0.15, -0.1) is 0 Å². The number of thioether (sulfide) groups is 1. The molecule has 0 bridgehead atoms. The van der Waals surface area contributed by atoms with Crippen molar-refractivity contribution in [2.45, 2.75) is 11.7 Å². The van der Waals surface area contributed by atoms with E-state index >= 15 is 0 Å². The van der Waals surface area contributed by atoms with Crippen molar-refractivity contribution in [3.05, 3.63) is 45.6 Å². The molecule has 0 aliphatic carbocycles. The van der Waals surface area contributed by atoms with Gasteiger partial charge in [-0.1, -0.05) is 23.4 Å². The largest absolute Gasteiger partial charge is 0.481 e. The summed E-state index contributed by atoms with van der Waals surface area (Å²) in [6.07, 6.45) is 0. The van der Waals surface area contributed by atoms with Crippen molar-refractivity contribution in [3.8, 4) is 0 Å². The molecule has 0 spiro atoms. The molecule has 1 aromatic carbocycles. The minimum absolute atomic E-state index is 0.0132. The van der Waals surface area contributed by atoms with Gasteiger partial charge in [-0.25, -0.2) is 4.98 Å². The topological polar surface area (TPSA) is 55.1 Å². The third-order valence-electron chi connectivity index (χ3n) is 2.92. The lowest BCUT2D eigenvalue weighted by Gasteiger charge is -2.07. The van der Waals surface area contributed by atoms with Gasteiger partial charge in [0.15, 0.2) is 5.16 Å². The molecule has 108 valence electrons. The second-order valence-corrected chi connectivity index (χ2v) is 6.59. The number of carboxylic acid groups (broad SMARTS) is 1. The molecule has 4 nitrogen and oxygen atoms in total. The minimum Gasteiger partial charge on any atom is -0.481 e. The summed E-state index contributed by atoms with van der Waals surface area (Å²) in [4.78, 5) is 15.3. The fourth-order valence-electron chi connectivity index (χ4n) is 2.04. The standard InChI is InChI=1S/C14H11ClN2O2S2/c15-10-1-2-12-11(5-10)16-14(21-8-13(18)19)17(12)6-9-3-4-20-7-9/h1-5,7H,6,8H2,(H,18,19). The molecule has 0 aliphatic heterocycles. The first-order chi connectivity index (χ1) is 10.1. The first kappa shape index (κ1) is 14.4. The Morgan fingerprint density at radius 1 is 1.43 bits per heavy atom. The summed E-state index contributed by atoms with van der Waals surface area (Å²) < 4.78 is 2.03. The Hall–Kier alpha value is -1.50. The van der Waals surface area contributed by atoms with Crippen LogP contribution in [0, 0.1) is 0 Å². The molecule has 0 fully saturated rings. The van der Waals surface area contributed by atoms with Crippen molar-refractivity contribution in [2.75, 3.05) is 5.75 Å². The van der Waals surface area contributed by atoms with Crippen LogP contribution in [0.3, 0.4) is 0 Å². The van der Waals surface area contributed by atoms with Crippen LogP contribution in [0.4, 0.5) is 0 Å².